The Labute approximate surface area is 96.2 Å². The van der Waals surface area contributed by atoms with Crippen LogP contribution in [-0.4, -0.2) is 37.3 Å². The highest BCUT2D eigenvalue weighted by Crippen LogP contribution is 2.24. The van der Waals surface area contributed by atoms with Crippen LogP contribution in [0.1, 0.15) is 25.7 Å². The van der Waals surface area contributed by atoms with E-state index in [0.717, 1.165) is 25.7 Å². The van der Waals surface area contributed by atoms with Crippen molar-refractivity contribution in [2.75, 3.05) is 13.6 Å². The summed E-state index contributed by atoms with van der Waals surface area (Å²) in [5, 5.41) is 0. The molecule has 0 bridgehead atoms. The van der Waals surface area contributed by atoms with E-state index < -0.39 is 10.2 Å². The standard InChI is InChI=1S/C8H17N3O2S2/c1-10-15(12,13)11(6-8(9)14)7-4-2-3-5-7/h7,10H,2-6H2,1H3,(H2,9,14). The van der Waals surface area contributed by atoms with Crippen LogP contribution in [0.3, 0.4) is 0 Å². The number of rotatable bonds is 5. The Kier molecular flexibility index (Phi) is 4.45. The molecule has 0 unspecified atom stereocenters. The quantitative estimate of drug-likeness (QED) is 0.673. The Bertz CT molecular complexity index is 323. The summed E-state index contributed by atoms with van der Waals surface area (Å²) in [5.74, 6) is 0. The van der Waals surface area contributed by atoms with E-state index in [0.29, 0.717) is 0 Å². The van der Waals surface area contributed by atoms with Gasteiger partial charge in [0.1, 0.15) is 0 Å². The lowest BCUT2D eigenvalue weighted by Gasteiger charge is -2.26. The summed E-state index contributed by atoms with van der Waals surface area (Å²) in [6, 6.07) is 0.0453. The van der Waals surface area contributed by atoms with Crippen molar-refractivity contribution in [1.29, 1.82) is 0 Å². The molecule has 3 N–H and O–H groups in total. The predicted octanol–water partition coefficient (Wildman–Crippen LogP) is -0.0187. The van der Waals surface area contributed by atoms with Crippen molar-refractivity contribution >= 4 is 27.4 Å². The molecule has 7 heteroatoms. The van der Waals surface area contributed by atoms with E-state index in [1.54, 1.807) is 0 Å². The van der Waals surface area contributed by atoms with Gasteiger partial charge in [0.2, 0.25) is 0 Å². The maximum absolute atomic E-state index is 11.7. The van der Waals surface area contributed by atoms with E-state index in [1.165, 1.54) is 11.4 Å². The summed E-state index contributed by atoms with van der Waals surface area (Å²) >= 11 is 4.77. The van der Waals surface area contributed by atoms with Gasteiger partial charge in [-0.3, -0.25) is 0 Å². The first-order chi connectivity index (χ1) is 6.97. The Morgan fingerprint density at radius 1 is 1.53 bits per heavy atom. The maximum atomic E-state index is 11.7. The summed E-state index contributed by atoms with van der Waals surface area (Å²) in [6.07, 6.45) is 3.92. The van der Waals surface area contributed by atoms with Gasteiger partial charge in [-0.2, -0.15) is 12.7 Å². The molecule has 1 aliphatic rings. The van der Waals surface area contributed by atoms with Crippen molar-refractivity contribution in [2.24, 2.45) is 5.73 Å². The molecular formula is C8H17N3O2S2. The minimum Gasteiger partial charge on any atom is -0.392 e. The van der Waals surface area contributed by atoms with E-state index in [2.05, 4.69) is 4.72 Å². The van der Waals surface area contributed by atoms with Crippen LogP contribution < -0.4 is 10.5 Å². The van der Waals surface area contributed by atoms with Gasteiger partial charge in [0.25, 0.3) is 10.2 Å². The van der Waals surface area contributed by atoms with Gasteiger partial charge in [-0.05, 0) is 12.8 Å². The van der Waals surface area contributed by atoms with Crippen LogP contribution in [0.25, 0.3) is 0 Å². The zero-order valence-corrected chi connectivity index (χ0v) is 10.4. The van der Waals surface area contributed by atoms with E-state index >= 15 is 0 Å². The van der Waals surface area contributed by atoms with Crippen molar-refractivity contribution in [1.82, 2.24) is 9.03 Å². The molecule has 0 aromatic rings. The highest BCUT2D eigenvalue weighted by molar-refractivity contribution is 7.87. The van der Waals surface area contributed by atoms with E-state index in [4.69, 9.17) is 18.0 Å². The van der Waals surface area contributed by atoms with Gasteiger partial charge in [0.15, 0.2) is 0 Å². The van der Waals surface area contributed by atoms with E-state index in [-0.39, 0.29) is 17.6 Å². The third-order valence-corrected chi connectivity index (χ3v) is 4.30. The second kappa shape index (κ2) is 5.20. The van der Waals surface area contributed by atoms with Crippen molar-refractivity contribution in [3.8, 4) is 0 Å². The molecule has 1 rings (SSSR count). The average Bonchev–Trinajstić information content (AvgIpc) is 2.66. The molecule has 1 aliphatic carbocycles. The Morgan fingerprint density at radius 3 is 2.47 bits per heavy atom. The van der Waals surface area contributed by atoms with Crippen molar-refractivity contribution in [3.05, 3.63) is 0 Å². The molecule has 0 amide bonds. The summed E-state index contributed by atoms with van der Waals surface area (Å²) in [7, 11) is -2.02. The van der Waals surface area contributed by atoms with Crippen LogP contribution in [-0.2, 0) is 10.2 Å². The van der Waals surface area contributed by atoms with Crippen molar-refractivity contribution < 1.29 is 8.42 Å². The Morgan fingerprint density at radius 2 is 2.07 bits per heavy atom. The molecule has 0 aromatic carbocycles. The third kappa shape index (κ3) is 3.37. The minimum atomic E-state index is -3.42. The number of thiocarbonyl (C=S) groups is 1. The van der Waals surface area contributed by atoms with Crippen LogP contribution in [0.5, 0.6) is 0 Å². The Hall–Kier alpha value is -0.240. The fourth-order valence-electron chi connectivity index (χ4n) is 1.87. The van der Waals surface area contributed by atoms with Crippen molar-refractivity contribution in [3.63, 3.8) is 0 Å². The molecule has 0 aromatic heterocycles. The first-order valence-electron chi connectivity index (χ1n) is 4.96. The number of nitrogens with two attached hydrogens (primary N) is 1. The lowest BCUT2D eigenvalue weighted by Crippen LogP contribution is -2.47. The molecule has 0 radical (unpaired) electrons. The third-order valence-electron chi connectivity index (χ3n) is 2.61. The number of nitrogens with zero attached hydrogens (tertiary/aromatic N) is 1. The van der Waals surface area contributed by atoms with Gasteiger partial charge >= 0.3 is 0 Å². The fourth-order valence-corrected chi connectivity index (χ4v) is 3.24. The molecular weight excluding hydrogens is 234 g/mol. The molecule has 0 atom stereocenters. The number of hydrogen-bond acceptors (Lipinski definition) is 3. The molecule has 5 nitrogen and oxygen atoms in total. The highest BCUT2D eigenvalue weighted by atomic mass is 32.2. The SMILES string of the molecule is CNS(=O)(=O)N(CC(N)=S)C1CCCC1. The Balaban J connectivity index is 2.81. The molecule has 0 saturated heterocycles. The van der Waals surface area contributed by atoms with E-state index in [9.17, 15) is 8.42 Å². The summed E-state index contributed by atoms with van der Waals surface area (Å²) in [5.41, 5.74) is 5.41. The summed E-state index contributed by atoms with van der Waals surface area (Å²) in [6.45, 7) is 0.128. The zero-order chi connectivity index (χ0) is 11.5. The fraction of sp³-hybridized carbons (Fsp3) is 0.875. The molecule has 1 saturated carbocycles. The largest absolute Gasteiger partial charge is 0.392 e. The summed E-state index contributed by atoms with van der Waals surface area (Å²) < 4.78 is 27.1. The van der Waals surface area contributed by atoms with Gasteiger partial charge in [0, 0.05) is 13.1 Å². The second-order valence-electron chi connectivity index (χ2n) is 3.66. The van der Waals surface area contributed by atoms with Gasteiger partial charge < -0.3 is 5.73 Å². The van der Waals surface area contributed by atoms with Gasteiger partial charge in [0.05, 0.1) is 11.5 Å². The van der Waals surface area contributed by atoms with Gasteiger partial charge in [-0.25, -0.2) is 4.72 Å². The lowest BCUT2D eigenvalue weighted by molar-refractivity contribution is 0.351. The molecule has 0 spiro atoms. The van der Waals surface area contributed by atoms with Gasteiger partial charge in [-0.15, -0.1) is 0 Å². The van der Waals surface area contributed by atoms with Crippen LogP contribution in [0.4, 0.5) is 0 Å². The van der Waals surface area contributed by atoms with Crippen LogP contribution in [0.2, 0.25) is 0 Å². The van der Waals surface area contributed by atoms with Gasteiger partial charge in [-0.1, -0.05) is 25.1 Å². The number of nitrogens with one attached hydrogen (secondary N) is 1. The first kappa shape index (κ1) is 12.8. The van der Waals surface area contributed by atoms with Crippen LogP contribution >= 0.6 is 12.2 Å². The predicted molar refractivity (Wildman–Crippen MR) is 63.7 cm³/mol. The monoisotopic (exact) mass is 251 g/mol. The average molecular weight is 251 g/mol. The first-order valence-corrected chi connectivity index (χ1v) is 6.81. The van der Waals surface area contributed by atoms with E-state index in [1.807, 2.05) is 0 Å². The molecule has 88 valence electrons. The maximum Gasteiger partial charge on any atom is 0.279 e. The molecule has 0 heterocycles. The molecule has 0 aliphatic heterocycles. The lowest BCUT2D eigenvalue weighted by atomic mass is 10.2. The van der Waals surface area contributed by atoms with Crippen LogP contribution in [0.15, 0.2) is 0 Å². The van der Waals surface area contributed by atoms with Crippen LogP contribution in [0, 0.1) is 0 Å². The number of hydrogen-bond donors (Lipinski definition) is 2. The zero-order valence-electron chi connectivity index (χ0n) is 8.77. The summed E-state index contributed by atoms with van der Waals surface area (Å²) in [4.78, 5) is 0.209. The smallest absolute Gasteiger partial charge is 0.279 e. The normalized spacial score (nSPS) is 18.5. The molecule has 15 heavy (non-hydrogen) atoms. The topological polar surface area (TPSA) is 75.4 Å². The van der Waals surface area contributed by atoms with Crippen molar-refractivity contribution in [2.45, 2.75) is 31.7 Å². The highest BCUT2D eigenvalue weighted by Gasteiger charge is 2.31. The molecule has 1 fully saturated rings. The second-order valence-corrected chi connectivity index (χ2v) is 6.01. The minimum absolute atomic E-state index is 0.0453.